The number of fused-ring (bicyclic) bond motifs is 2. The number of rotatable bonds is 4. The zero-order valence-electron chi connectivity index (χ0n) is 20.1. The average Bonchev–Trinajstić information content (AvgIpc) is 3.42. The molecule has 0 saturated carbocycles. The molecule has 0 unspecified atom stereocenters. The van der Waals surface area contributed by atoms with E-state index in [0.717, 1.165) is 33.8 Å². The summed E-state index contributed by atoms with van der Waals surface area (Å²) in [6.07, 6.45) is 3.16. The van der Waals surface area contributed by atoms with Gasteiger partial charge in [-0.2, -0.15) is 0 Å². The molecule has 0 saturated heterocycles. The quantitative estimate of drug-likeness (QED) is 0.254. The largest absolute Gasteiger partial charge is 0.472 e. The maximum atomic E-state index is 13.8. The van der Waals surface area contributed by atoms with Gasteiger partial charge < -0.3 is 20.0 Å². The predicted molar refractivity (Wildman–Crippen MR) is 150 cm³/mol. The summed E-state index contributed by atoms with van der Waals surface area (Å²) >= 11 is 6.63. The fourth-order valence-electron chi connectivity index (χ4n) is 4.64. The fourth-order valence-corrected chi connectivity index (χ4v) is 4.90. The van der Waals surface area contributed by atoms with Crippen LogP contribution < -0.4 is 15.5 Å². The van der Waals surface area contributed by atoms with Crippen molar-refractivity contribution >= 4 is 46.2 Å². The highest BCUT2D eigenvalue weighted by Crippen LogP contribution is 2.37. The Morgan fingerprint density at radius 1 is 0.842 bits per heavy atom. The molecule has 2 heterocycles. The number of para-hydroxylation sites is 3. The molecule has 0 radical (unpaired) electrons. The Labute approximate surface area is 224 Å². The van der Waals surface area contributed by atoms with Crippen LogP contribution in [0.1, 0.15) is 26.3 Å². The van der Waals surface area contributed by atoms with Gasteiger partial charge in [0.1, 0.15) is 0 Å². The van der Waals surface area contributed by atoms with Crippen LogP contribution in [-0.2, 0) is 6.54 Å². The van der Waals surface area contributed by atoms with Crippen molar-refractivity contribution in [1.82, 2.24) is 0 Å². The molecular formula is C31H22ClN3O3. The Kier molecular flexibility index (Phi) is 6.15. The van der Waals surface area contributed by atoms with E-state index in [1.54, 1.807) is 53.8 Å². The van der Waals surface area contributed by atoms with Crippen LogP contribution in [-0.4, -0.2) is 11.8 Å². The molecule has 1 aliphatic rings. The molecule has 2 amide bonds. The van der Waals surface area contributed by atoms with E-state index in [2.05, 4.69) is 10.6 Å². The molecule has 6 rings (SSSR count). The number of nitrogens with zero attached hydrogens (tertiary/aromatic N) is 1. The van der Waals surface area contributed by atoms with Gasteiger partial charge in [-0.05, 0) is 59.7 Å². The Bertz CT molecular complexity index is 1660. The average molecular weight is 520 g/mol. The smallest absolute Gasteiger partial charge is 0.260 e. The highest BCUT2D eigenvalue weighted by Gasteiger charge is 2.26. The predicted octanol–water partition coefficient (Wildman–Crippen LogP) is 7.76. The highest BCUT2D eigenvalue weighted by molar-refractivity contribution is 6.35. The number of nitrogens with one attached hydrogen (secondary N) is 2. The first-order valence-corrected chi connectivity index (χ1v) is 12.4. The number of halogens is 1. The SMILES string of the molecule is O=C(Nc1ccc(C(=O)N2Cc3ccccc3Nc3ccccc32)c(Cl)c1)c1ccccc1-c1ccoc1. The summed E-state index contributed by atoms with van der Waals surface area (Å²) in [6, 6.07) is 29.6. The van der Waals surface area contributed by atoms with Crippen molar-refractivity contribution < 1.29 is 14.0 Å². The van der Waals surface area contributed by atoms with E-state index in [4.69, 9.17) is 16.0 Å². The lowest BCUT2D eigenvalue weighted by molar-refractivity contribution is 0.0984. The minimum atomic E-state index is -0.291. The second kappa shape index (κ2) is 9.92. The molecule has 38 heavy (non-hydrogen) atoms. The van der Waals surface area contributed by atoms with E-state index >= 15 is 0 Å². The van der Waals surface area contributed by atoms with Gasteiger partial charge in [0.25, 0.3) is 11.8 Å². The van der Waals surface area contributed by atoms with Crippen molar-refractivity contribution in [2.45, 2.75) is 6.54 Å². The third-order valence-corrected chi connectivity index (χ3v) is 6.83. The fraction of sp³-hybridized carbons (Fsp3) is 0.0323. The third-order valence-electron chi connectivity index (χ3n) is 6.52. The number of carbonyl (C=O) groups is 2. The molecule has 1 aromatic heterocycles. The Hall–Kier alpha value is -4.81. The highest BCUT2D eigenvalue weighted by atomic mass is 35.5. The summed E-state index contributed by atoms with van der Waals surface area (Å²) in [4.78, 5) is 28.6. The number of hydrogen-bond acceptors (Lipinski definition) is 4. The van der Waals surface area contributed by atoms with Crippen LogP contribution in [0.2, 0.25) is 5.02 Å². The van der Waals surface area contributed by atoms with Crippen molar-refractivity contribution in [3.05, 3.63) is 131 Å². The number of hydrogen-bond donors (Lipinski definition) is 2. The van der Waals surface area contributed by atoms with Crippen LogP contribution in [0.5, 0.6) is 0 Å². The maximum absolute atomic E-state index is 13.8. The van der Waals surface area contributed by atoms with Gasteiger partial charge in [-0.3, -0.25) is 9.59 Å². The number of benzene rings is 4. The number of amides is 2. The molecule has 0 spiro atoms. The van der Waals surface area contributed by atoms with Crippen molar-refractivity contribution in [3.63, 3.8) is 0 Å². The van der Waals surface area contributed by atoms with E-state index in [1.165, 1.54) is 0 Å². The van der Waals surface area contributed by atoms with Gasteiger partial charge >= 0.3 is 0 Å². The third kappa shape index (κ3) is 4.42. The van der Waals surface area contributed by atoms with Gasteiger partial charge in [-0.15, -0.1) is 0 Å². The summed E-state index contributed by atoms with van der Waals surface area (Å²) in [5.41, 5.74) is 6.44. The van der Waals surface area contributed by atoms with Gasteiger partial charge in [-0.25, -0.2) is 0 Å². The van der Waals surface area contributed by atoms with Crippen molar-refractivity contribution in [3.8, 4) is 11.1 Å². The monoisotopic (exact) mass is 519 g/mol. The summed E-state index contributed by atoms with van der Waals surface area (Å²) < 4.78 is 5.18. The molecule has 0 bridgehead atoms. The lowest BCUT2D eigenvalue weighted by Crippen LogP contribution is -2.30. The molecule has 0 atom stereocenters. The van der Waals surface area contributed by atoms with Crippen molar-refractivity contribution in [1.29, 1.82) is 0 Å². The van der Waals surface area contributed by atoms with E-state index in [9.17, 15) is 9.59 Å². The molecule has 4 aromatic carbocycles. The second-order valence-corrected chi connectivity index (χ2v) is 9.30. The number of anilines is 4. The van der Waals surface area contributed by atoms with Gasteiger partial charge in [0, 0.05) is 22.5 Å². The van der Waals surface area contributed by atoms with E-state index in [-0.39, 0.29) is 16.8 Å². The number of carbonyl (C=O) groups excluding carboxylic acids is 2. The first kappa shape index (κ1) is 23.6. The van der Waals surface area contributed by atoms with Crippen LogP contribution in [0.3, 0.4) is 0 Å². The Morgan fingerprint density at radius 2 is 1.61 bits per heavy atom. The number of furan rings is 1. The minimum Gasteiger partial charge on any atom is -0.472 e. The molecule has 7 heteroatoms. The second-order valence-electron chi connectivity index (χ2n) is 8.90. The topological polar surface area (TPSA) is 74.6 Å². The van der Waals surface area contributed by atoms with E-state index in [0.29, 0.717) is 23.4 Å². The first-order chi connectivity index (χ1) is 18.6. The Balaban J connectivity index is 1.28. The van der Waals surface area contributed by atoms with Gasteiger partial charge in [0.05, 0.1) is 41.0 Å². The van der Waals surface area contributed by atoms with Gasteiger partial charge in [0.15, 0.2) is 0 Å². The van der Waals surface area contributed by atoms with Crippen molar-refractivity contribution in [2.75, 3.05) is 15.5 Å². The van der Waals surface area contributed by atoms with Crippen LogP contribution in [0.4, 0.5) is 22.7 Å². The minimum absolute atomic E-state index is 0.232. The summed E-state index contributed by atoms with van der Waals surface area (Å²) in [6.45, 7) is 0.388. The normalized spacial score (nSPS) is 12.1. The zero-order chi connectivity index (χ0) is 26.1. The molecule has 186 valence electrons. The summed E-state index contributed by atoms with van der Waals surface area (Å²) in [5, 5.41) is 6.58. The summed E-state index contributed by atoms with van der Waals surface area (Å²) in [5.74, 6) is -0.523. The molecule has 5 aromatic rings. The van der Waals surface area contributed by atoms with E-state index in [1.807, 2.05) is 60.7 Å². The van der Waals surface area contributed by atoms with Crippen LogP contribution in [0.15, 0.2) is 114 Å². The molecule has 2 N–H and O–H groups in total. The molecule has 1 aliphatic heterocycles. The lowest BCUT2D eigenvalue weighted by Gasteiger charge is -2.23. The maximum Gasteiger partial charge on any atom is 0.260 e. The van der Waals surface area contributed by atoms with Gasteiger partial charge in [-0.1, -0.05) is 60.1 Å². The molecular weight excluding hydrogens is 498 g/mol. The summed E-state index contributed by atoms with van der Waals surface area (Å²) in [7, 11) is 0. The van der Waals surface area contributed by atoms with Crippen LogP contribution in [0, 0.1) is 0 Å². The van der Waals surface area contributed by atoms with Crippen LogP contribution in [0.25, 0.3) is 11.1 Å². The molecule has 6 nitrogen and oxygen atoms in total. The van der Waals surface area contributed by atoms with Crippen molar-refractivity contribution in [2.24, 2.45) is 0 Å². The lowest BCUT2D eigenvalue weighted by atomic mass is 10.0. The van der Waals surface area contributed by atoms with Crippen LogP contribution >= 0.6 is 11.6 Å². The first-order valence-electron chi connectivity index (χ1n) is 12.1. The standard InChI is InChI=1S/C31H22ClN3O3/c32-26-17-22(33-30(36)24-9-3-2-8-23(24)21-15-16-38-19-21)13-14-25(26)31(37)35-18-20-7-1-4-10-27(20)34-28-11-5-6-12-29(28)35/h1-17,19,34H,18H2,(H,33,36). The zero-order valence-corrected chi connectivity index (χ0v) is 20.9. The molecule has 0 fully saturated rings. The van der Waals surface area contributed by atoms with E-state index < -0.39 is 0 Å². The Morgan fingerprint density at radius 3 is 2.42 bits per heavy atom. The molecule has 0 aliphatic carbocycles. The van der Waals surface area contributed by atoms with Gasteiger partial charge in [0.2, 0.25) is 0 Å².